The van der Waals surface area contributed by atoms with Crippen molar-refractivity contribution < 1.29 is 9.90 Å². The van der Waals surface area contributed by atoms with Gasteiger partial charge in [-0.2, -0.15) is 5.26 Å². The first-order valence-corrected chi connectivity index (χ1v) is 11.9. The monoisotopic (exact) mass is 502 g/mol. The van der Waals surface area contributed by atoms with Crippen LogP contribution in [0.15, 0.2) is 36.7 Å². The van der Waals surface area contributed by atoms with Crippen LogP contribution < -0.4 is 10.2 Å². The summed E-state index contributed by atoms with van der Waals surface area (Å²) in [5.41, 5.74) is 3.49. The molecule has 0 unspecified atom stereocenters. The highest BCUT2D eigenvalue weighted by Crippen LogP contribution is 2.31. The van der Waals surface area contributed by atoms with Crippen molar-refractivity contribution in [2.45, 2.75) is 32.9 Å². The number of hydrogen-bond donors (Lipinski definition) is 2. The minimum absolute atomic E-state index is 0.102. The average molecular weight is 503 g/mol. The van der Waals surface area contributed by atoms with E-state index in [0.29, 0.717) is 35.6 Å². The van der Waals surface area contributed by atoms with Crippen molar-refractivity contribution in [3.63, 3.8) is 0 Å². The minimum atomic E-state index is -1.18. The predicted molar refractivity (Wildman–Crippen MR) is 135 cm³/mol. The fraction of sp³-hybridized carbons (Fsp3) is 0.280. The molecule has 1 aliphatic heterocycles. The first-order chi connectivity index (χ1) is 17.3. The van der Waals surface area contributed by atoms with E-state index in [4.69, 9.17) is 16.6 Å². The van der Waals surface area contributed by atoms with Crippen molar-refractivity contribution in [3.05, 3.63) is 70.2 Å². The van der Waals surface area contributed by atoms with E-state index in [0.717, 1.165) is 29.9 Å². The molecule has 1 aromatic carbocycles. The molecule has 11 heteroatoms. The van der Waals surface area contributed by atoms with E-state index in [1.54, 1.807) is 18.3 Å². The molecule has 10 nitrogen and oxygen atoms in total. The van der Waals surface area contributed by atoms with Gasteiger partial charge in [-0.05, 0) is 37.6 Å². The highest BCUT2D eigenvalue weighted by molar-refractivity contribution is 6.29. The number of nitrogens with zero attached hydrogens (tertiary/aromatic N) is 7. The number of rotatable bonds is 5. The molecule has 3 aromatic heterocycles. The standard InChI is InChI=1S/C25H23ClN8O2/c1-14-11-16(15(2)29-17-3-4-20(26)31-23(17)25(35)36)22-18(12-14)30-19(13-27)24(32-22)34-7-5-21-28-6-8-33(21)9-10-34/h3-4,6,8,11-12,15,29H,5,7,9-10H2,1-2H3,(H,35,36)/t15-/m1/s1. The maximum absolute atomic E-state index is 11.7. The molecule has 182 valence electrons. The fourth-order valence-electron chi connectivity index (χ4n) is 4.53. The molecule has 0 saturated heterocycles. The van der Waals surface area contributed by atoms with Crippen LogP contribution in [-0.2, 0) is 13.0 Å². The molecular formula is C25H23ClN8O2. The van der Waals surface area contributed by atoms with Gasteiger partial charge in [-0.15, -0.1) is 0 Å². The first-order valence-electron chi connectivity index (χ1n) is 11.5. The highest BCUT2D eigenvalue weighted by Gasteiger charge is 2.23. The fourth-order valence-corrected chi connectivity index (χ4v) is 4.68. The lowest BCUT2D eigenvalue weighted by Gasteiger charge is -2.24. The van der Waals surface area contributed by atoms with Gasteiger partial charge in [-0.3, -0.25) is 0 Å². The van der Waals surface area contributed by atoms with Crippen LogP contribution in [0.2, 0.25) is 5.15 Å². The molecule has 1 aliphatic rings. The van der Waals surface area contributed by atoms with Crippen LogP contribution in [0.1, 0.15) is 46.1 Å². The molecule has 0 fully saturated rings. The number of nitrogens with one attached hydrogen (secondary N) is 1. The number of fused-ring (bicyclic) bond motifs is 2. The number of halogens is 1. The van der Waals surface area contributed by atoms with Gasteiger partial charge in [-0.25, -0.2) is 24.7 Å². The van der Waals surface area contributed by atoms with Gasteiger partial charge in [0, 0.05) is 44.0 Å². The number of imidazole rings is 1. The molecule has 0 amide bonds. The third-order valence-electron chi connectivity index (χ3n) is 6.25. The van der Waals surface area contributed by atoms with Crippen LogP contribution in [0, 0.1) is 18.3 Å². The molecule has 0 radical (unpaired) electrons. The number of benzene rings is 1. The predicted octanol–water partition coefficient (Wildman–Crippen LogP) is 3.99. The van der Waals surface area contributed by atoms with Crippen LogP contribution >= 0.6 is 11.6 Å². The molecule has 0 spiro atoms. The van der Waals surface area contributed by atoms with Crippen molar-refractivity contribution in [2.75, 3.05) is 23.3 Å². The number of nitriles is 1. The van der Waals surface area contributed by atoms with Gasteiger partial charge in [-0.1, -0.05) is 17.7 Å². The smallest absolute Gasteiger partial charge is 0.356 e. The number of aromatic nitrogens is 5. The second-order valence-corrected chi connectivity index (χ2v) is 9.09. The Kier molecular flexibility index (Phi) is 6.16. The van der Waals surface area contributed by atoms with Gasteiger partial charge in [0.25, 0.3) is 0 Å². The Morgan fingerprint density at radius 2 is 2.06 bits per heavy atom. The second-order valence-electron chi connectivity index (χ2n) is 8.70. The molecule has 0 bridgehead atoms. The van der Waals surface area contributed by atoms with E-state index in [2.05, 4.69) is 35.8 Å². The molecule has 4 aromatic rings. The van der Waals surface area contributed by atoms with Gasteiger partial charge in [0.15, 0.2) is 17.2 Å². The van der Waals surface area contributed by atoms with E-state index < -0.39 is 5.97 Å². The SMILES string of the molecule is Cc1cc([C@@H](C)Nc2ccc(Cl)nc2C(=O)O)c2nc(N3CCc4nccn4CC3)c(C#N)nc2c1. The van der Waals surface area contributed by atoms with Gasteiger partial charge < -0.3 is 19.9 Å². The summed E-state index contributed by atoms with van der Waals surface area (Å²) in [6.07, 6.45) is 4.50. The first kappa shape index (κ1) is 23.5. The van der Waals surface area contributed by atoms with E-state index in [9.17, 15) is 15.2 Å². The van der Waals surface area contributed by atoms with Crippen LogP contribution in [0.5, 0.6) is 0 Å². The number of carboxylic acid groups (broad SMARTS) is 1. The molecule has 0 saturated carbocycles. The lowest BCUT2D eigenvalue weighted by Crippen LogP contribution is -2.29. The zero-order valence-electron chi connectivity index (χ0n) is 19.7. The summed E-state index contributed by atoms with van der Waals surface area (Å²) in [6, 6.07) is 8.90. The summed E-state index contributed by atoms with van der Waals surface area (Å²) in [4.78, 5) is 31.8. The number of aryl methyl sites for hydroxylation is 1. The Bertz CT molecular complexity index is 1500. The Hall–Kier alpha value is -4.23. The van der Waals surface area contributed by atoms with Gasteiger partial charge in [0.1, 0.15) is 17.0 Å². The molecule has 4 heterocycles. The van der Waals surface area contributed by atoms with Crippen LogP contribution in [0.4, 0.5) is 11.5 Å². The summed E-state index contributed by atoms with van der Waals surface area (Å²) >= 11 is 5.91. The summed E-state index contributed by atoms with van der Waals surface area (Å²) in [6.45, 7) is 5.93. The van der Waals surface area contributed by atoms with Gasteiger partial charge in [0.05, 0.1) is 22.8 Å². The van der Waals surface area contributed by atoms with E-state index in [1.807, 2.05) is 32.2 Å². The Morgan fingerprint density at radius 1 is 1.22 bits per heavy atom. The lowest BCUT2D eigenvalue weighted by atomic mass is 10.0. The number of pyridine rings is 1. The summed E-state index contributed by atoms with van der Waals surface area (Å²) < 4.78 is 2.11. The molecule has 1 atom stereocenters. The van der Waals surface area contributed by atoms with Crippen molar-refractivity contribution in [3.8, 4) is 6.07 Å². The van der Waals surface area contributed by atoms with Crippen molar-refractivity contribution in [2.24, 2.45) is 0 Å². The zero-order valence-corrected chi connectivity index (χ0v) is 20.5. The van der Waals surface area contributed by atoms with Crippen LogP contribution in [0.25, 0.3) is 11.0 Å². The maximum atomic E-state index is 11.7. The molecule has 36 heavy (non-hydrogen) atoms. The molecule has 2 N–H and O–H groups in total. The lowest BCUT2D eigenvalue weighted by molar-refractivity contribution is 0.0691. The molecule has 0 aliphatic carbocycles. The topological polar surface area (TPSA) is 133 Å². The summed E-state index contributed by atoms with van der Waals surface area (Å²) in [7, 11) is 0. The van der Waals surface area contributed by atoms with E-state index >= 15 is 0 Å². The number of carboxylic acids is 1. The minimum Gasteiger partial charge on any atom is -0.476 e. The normalized spacial score (nSPS) is 14.1. The number of hydrogen-bond acceptors (Lipinski definition) is 8. The van der Waals surface area contributed by atoms with Crippen LogP contribution in [0.3, 0.4) is 0 Å². The van der Waals surface area contributed by atoms with Crippen molar-refractivity contribution in [1.82, 2.24) is 24.5 Å². The van der Waals surface area contributed by atoms with E-state index in [-0.39, 0.29) is 22.6 Å². The second kappa shape index (κ2) is 9.43. The number of aromatic carboxylic acids is 1. The number of carbonyl (C=O) groups is 1. The highest BCUT2D eigenvalue weighted by atomic mass is 35.5. The maximum Gasteiger partial charge on any atom is 0.356 e. The third kappa shape index (κ3) is 4.41. The third-order valence-corrected chi connectivity index (χ3v) is 6.46. The van der Waals surface area contributed by atoms with Gasteiger partial charge in [0.2, 0.25) is 0 Å². The Morgan fingerprint density at radius 3 is 2.83 bits per heavy atom. The van der Waals surface area contributed by atoms with Gasteiger partial charge >= 0.3 is 5.97 Å². The molecule has 5 rings (SSSR count). The zero-order chi connectivity index (χ0) is 25.4. The Labute approximate surface area is 212 Å². The summed E-state index contributed by atoms with van der Waals surface area (Å²) in [5, 5.41) is 22.8. The van der Waals surface area contributed by atoms with Crippen molar-refractivity contribution in [1.29, 1.82) is 5.26 Å². The van der Waals surface area contributed by atoms with Crippen LogP contribution in [-0.4, -0.2) is 48.7 Å². The number of anilines is 2. The average Bonchev–Trinajstić information content (AvgIpc) is 3.21. The largest absolute Gasteiger partial charge is 0.476 e. The van der Waals surface area contributed by atoms with Crippen molar-refractivity contribution >= 4 is 40.1 Å². The van der Waals surface area contributed by atoms with E-state index in [1.165, 1.54) is 0 Å². The summed E-state index contributed by atoms with van der Waals surface area (Å²) in [5.74, 6) is 0.361. The quantitative estimate of drug-likeness (QED) is 0.388. The molecular weight excluding hydrogens is 480 g/mol. The Balaban J connectivity index is 1.55.